The molecule has 42 valence electrons. The van der Waals surface area contributed by atoms with Gasteiger partial charge in [0, 0.05) is 0 Å². The van der Waals surface area contributed by atoms with Gasteiger partial charge in [-0.15, -0.1) is 0 Å². The maximum absolute atomic E-state index is 5.31. The summed E-state index contributed by atoms with van der Waals surface area (Å²) in [6, 6.07) is 0. The third-order valence-corrected chi connectivity index (χ3v) is 0.834. The third kappa shape index (κ3) is 1.10. The molecule has 2 unspecified atom stereocenters. The van der Waals surface area contributed by atoms with Gasteiger partial charge in [-0.25, -0.2) is 0 Å². The molecule has 0 aromatic carbocycles. The molecule has 1 rings (SSSR count). The summed E-state index contributed by atoms with van der Waals surface area (Å²) in [5, 5.41) is 2.75. The Morgan fingerprint density at radius 2 is 2.29 bits per heavy atom. The lowest BCUT2D eigenvalue weighted by Crippen LogP contribution is -2.41. The lowest BCUT2D eigenvalue weighted by Gasteiger charge is -1.99. The van der Waals surface area contributed by atoms with Crippen LogP contribution in [0.4, 0.5) is 0 Å². The van der Waals surface area contributed by atoms with Crippen molar-refractivity contribution in [3.8, 4) is 0 Å². The minimum Gasteiger partial charge on any atom is -0.347 e. The highest BCUT2D eigenvalue weighted by atomic mass is 16.5. The predicted molar refractivity (Wildman–Crippen MR) is 25.0 cm³/mol. The number of hydrogen-bond donors (Lipinski definition) is 3. The molecule has 1 aliphatic rings. The van der Waals surface area contributed by atoms with Gasteiger partial charge in [-0.05, 0) is 0 Å². The molecular formula is C3H9N3O. The van der Waals surface area contributed by atoms with Crippen LogP contribution in [0.25, 0.3) is 0 Å². The SMILES string of the molecule is NC1COC(N)N1. The molecule has 2 atom stereocenters. The van der Waals surface area contributed by atoms with Gasteiger partial charge in [-0.1, -0.05) is 0 Å². The number of ether oxygens (including phenoxy) is 1. The summed E-state index contributed by atoms with van der Waals surface area (Å²) >= 11 is 0. The zero-order valence-electron chi connectivity index (χ0n) is 3.92. The average Bonchev–Trinajstić information content (AvgIpc) is 1.87. The molecule has 5 N–H and O–H groups in total. The third-order valence-electron chi connectivity index (χ3n) is 0.834. The van der Waals surface area contributed by atoms with Crippen LogP contribution < -0.4 is 16.8 Å². The Kier molecular flexibility index (Phi) is 1.25. The van der Waals surface area contributed by atoms with Crippen molar-refractivity contribution < 1.29 is 4.74 Å². The highest BCUT2D eigenvalue weighted by Crippen LogP contribution is 1.89. The Balaban J connectivity index is 2.26. The molecule has 0 spiro atoms. The molecule has 0 saturated carbocycles. The first-order valence-electron chi connectivity index (χ1n) is 2.18. The van der Waals surface area contributed by atoms with E-state index in [4.69, 9.17) is 16.2 Å². The van der Waals surface area contributed by atoms with Crippen LogP contribution >= 0.6 is 0 Å². The molecule has 0 aromatic heterocycles. The highest BCUT2D eigenvalue weighted by molar-refractivity contribution is 4.64. The predicted octanol–water partition coefficient (Wildman–Crippen LogP) is -1.87. The summed E-state index contributed by atoms with van der Waals surface area (Å²) in [4.78, 5) is 0. The van der Waals surface area contributed by atoms with Crippen LogP contribution in [0.2, 0.25) is 0 Å². The van der Waals surface area contributed by atoms with Crippen molar-refractivity contribution in [2.75, 3.05) is 6.61 Å². The first-order valence-corrected chi connectivity index (χ1v) is 2.18. The largest absolute Gasteiger partial charge is 0.347 e. The molecular weight excluding hydrogens is 94.1 g/mol. The zero-order chi connectivity index (χ0) is 5.28. The van der Waals surface area contributed by atoms with Crippen molar-refractivity contribution in [1.82, 2.24) is 5.32 Å². The summed E-state index contributed by atoms with van der Waals surface area (Å²) in [6.45, 7) is 0.515. The number of nitrogens with two attached hydrogens (primary N) is 2. The number of hydrogen-bond acceptors (Lipinski definition) is 4. The van der Waals surface area contributed by atoms with Gasteiger partial charge in [0.05, 0.1) is 12.8 Å². The maximum atomic E-state index is 5.31. The van der Waals surface area contributed by atoms with Crippen molar-refractivity contribution in [2.45, 2.75) is 12.5 Å². The first kappa shape index (κ1) is 4.99. The Bertz CT molecular complexity index is 59.2. The van der Waals surface area contributed by atoms with Crippen LogP contribution in [0.5, 0.6) is 0 Å². The second-order valence-corrected chi connectivity index (χ2v) is 1.53. The van der Waals surface area contributed by atoms with Crippen LogP contribution in [-0.2, 0) is 4.74 Å². The van der Waals surface area contributed by atoms with Gasteiger partial charge in [0.25, 0.3) is 0 Å². The van der Waals surface area contributed by atoms with E-state index in [2.05, 4.69) is 5.32 Å². The Labute approximate surface area is 41.8 Å². The van der Waals surface area contributed by atoms with Crippen molar-refractivity contribution >= 4 is 0 Å². The molecule has 1 saturated heterocycles. The molecule has 1 heterocycles. The van der Waals surface area contributed by atoms with Gasteiger partial charge in [0.2, 0.25) is 0 Å². The van der Waals surface area contributed by atoms with E-state index < -0.39 is 0 Å². The summed E-state index contributed by atoms with van der Waals surface area (Å²) < 4.78 is 4.81. The van der Waals surface area contributed by atoms with E-state index in [-0.39, 0.29) is 12.5 Å². The molecule has 4 nitrogen and oxygen atoms in total. The van der Waals surface area contributed by atoms with Crippen LogP contribution in [0.15, 0.2) is 0 Å². The van der Waals surface area contributed by atoms with Gasteiger partial charge in [0.1, 0.15) is 0 Å². The molecule has 4 heteroatoms. The van der Waals surface area contributed by atoms with Crippen LogP contribution in [0, 0.1) is 0 Å². The summed E-state index contributed by atoms with van der Waals surface area (Å²) in [5.74, 6) is 0. The highest BCUT2D eigenvalue weighted by Gasteiger charge is 2.15. The van der Waals surface area contributed by atoms with Crippen molar-refractivity contribution in [2.24, 2.45) is 11.5 Å². The fourth-order valence-corrected chi connectivity index (χ4v) is 0.515. The van der Waals surface area contributed by atoms with E-state index in [1.54, 1.807) is 0 Å². The standard InChI is InChI=1S/C3H9N3O/c4-2-1-7-3(5)6-2/h2-3,6H,1,4-5H2. The summed E-state index contributed by atoms with van der Waals surface area (Å²) in [7, 11) is 0. The Hall–Kier alpha value is -0.160. The Morgan fingerprint density at radius 1 is 1.57 bits per heavy atom. The minimum atomic E-state index is -0.352. The van der Waals surface area contributed by atoms with Gasteiger partial charge in [0.15, 0.2) is 6.35 Å². The quantitative estimate of drug-likeness (QED) is 0.336. The molecule has 0 bridgehead atoms. The summed E-state index contributed by atoms with van der Waals surface area (Å²) in [6.07, 6.45) is -0.426. The van der Waals surface area contributed by atoms with E-state index >= 15 is 0 Å². The first-order chi connectivity index (χ1) is 3.29. The summed E-state index contributed by atoms with van der Waals surface area (Å²) in [5.41, 5.74) is 10.5. The molecule has 0 aromatic rings. The minimum absolute atomic E-state index is 0.0741. The normalized spacial score (nSPS) is 42.0. The van der Waals surface area contributed by atoms with Crippen LogP contribution in [0.3, 0.4) is 0 Å². The van der Waals surface area contributed by atoms with Crippen LogP contribution in [0.1, 0.15) is 0 Å². The van der Waals surface area contributed by atoms with Crippen molar-refractivity contribution in [3.63, 3.8) is 0 Å². The van der Waals surface area contributed by atoms with Crippen LogP contribution in [-0.4, -0.2) is 19.1 Å². The molecule has 1 fully saturated rings. The molecule has 0 radical (unpaired) electrons. The monoisotopic (exact) mass is 103 g/mol. The second kappa shape index (κ2) is 1.75. The lowest BCUT2D eigenvalue weighted by molar-refractivity contribution is 0.106. The molecule has 0 amide bonds. The fourth-order valence-electron chi connectivity index (χ4n) is 0.515. The number of rotatable bonds is 0. The van der Waals surface area contributed by atoms with Crippen molar-refractivity contribution in [3.05, 3.63) is 0 Å². The van der Waals surface area contributed by atoms with E-state index in [9.17, 15) is 0 Å². The molecule has 1 aliphatic heterocycles. The van der Waals surface area contributed by atoms with E-state index in [0.717, 1.165) is 0 Å². The second-order valence-electron chi connectivity index (χ2n) is 1.53. The van der Waals surface area contributed by atoms with E-state index in [1.807, 2.05) is 0 Å². The topological polar surface area (TPSA) is 73.3 Å². The van der Waals surface area contributed by atoms with Gasteiger partial charge in [-0.2, -0.15) is 0 Å². The zero-order valence-corrected chi connectivity index (χ0v) is 3.92. The van der Waals surface area contributed by atoms with E-state index in [1.165, 1.54) is 0 Å². The van der Waals surface area contributed by atoms with Crippen molar-refractivity contribution in [1.29, 1.82) is 0 Å². The van der Waals surface area contributed by atoms with E-state index in [0.29, 0.717) is 6.61 Å². The van der Waals surface area contributed by atoms with Gasteiger partial charge in [-0.3, -0.25) is 11.1 Å². The van der Waals surface area contributed by atoms with Gasteiger partial charge >= 0.3 is 0 Å². The Morgan fingerprint density at radius 3 is 2.43 bits per heavy atom. The lowest BCUT2D eigenvalue weighted by atomic mass is 10.6. The smallest absolute Gasteiger partial charge is 0.162 e. The maximum Gasteiger partial charge on any atom is 0.162 e. The molecule has 7 heavy (non-hydrogen) atoms. The molecule has 0 aliphatic carbocycles. The van der Waals surface area contributed by atoms with Gasteiger partial charge < -0.3 is 10.5 Å². The fraction of sp³-hybridized carbons (Fsp3) is 1.00. The average molecular weight is 103 g/mol. The number of nitrogens with one attached hydrogen (secondary N) is 1.